The lowest BCUT2D eigenvalue weighted by molar-refractivity contribution is 0.0710. The Morgan fingerprint density at radius 1 is 1.14 bits per heavy atom. The Bertz CT molecular complexity index is 919. The minimum Gasteiger partial charge on any atom is -0.361 e. The van der Waals surface area contributed by atoms with E-state index in [1.54, 1.807) is 18.0 Å². The highest BCUT2D eigenvalue weighted by molar-refractivity contribution is 5.95. The van der Waals surface area contributed by atoms with E-state index in [2.05, 4.69) is 20.4 Å². The Morgan fingerprint density at radius 3 is 2.66 bits per heavy atom. The molecule has 0 bridgehead atoms. The molecule has 0 radical (unpaired) electrons. The van der Waals surface area contributed by atoms with Gasteiger partial charge in [0, 0.05) is 51.2 Å². The van der Waals surface area contributed by atoms with Crippen LogP contribution in [0, 0.1) is 0 Å². The molecule has 0 saturated carbocycles. The van der Waals surface area contributed by atoms with Gasteiger partial charge in [0.25, 0.3) is 11.8 Å². The fraction of sp³-hybridized carbons (Fsp3) is 0.550. The van der Waals surface area contributed by atoms with Gasteiger partial charge in [0.1, 0.15) is 11.5 Å². The number of aromatic nitrogens is 3. The van der Waals surface area contributed by atoms with Crippen molar-refractivity contribution in [3.05, 3.63) is 34.5 Å². The van der Waals surface area contributed by atoms with Gasteiger partial charge < -0.3 is 19.6 Å². The summed E-state index contributed by atoms with van der Waals surface area (Å²) in [6.45, 7) is 4.34. The summed E-state index contributed by atoms with van der Waals surface area (Å²) in [5, 5.41) is 6.87. The first-order valence-electron chi connectivity index (χ1n) is 10.2. The van der Waals surface area contributed by atoms with Crippen LogP contribution in [0.3, 0.4) is 0 Å². The molecule has 0 atom stereocenters. The quantitative estimate of drug-likeness (QED) is 0.820. The fourth-order valence-corrected chi connectivity index (χ4v) is 3.89. The van der Waals surface area contributed by atoms with Crippen molar-refractivity contribution < 1.29 is 14.1 Å². The van der Waals surface area contributed by atoms with Crippen LogP contribution >= 0.6 is 0 Å². The lowest BCUT2D eigenvalue weighted by Gasteiger charge is -2.29. The zero-order chi connectivity index (χ0) is 20.4. The third-order valence-electron chi connectivity index (χ3n) is 5.44. The molecule has 4 heterocycles. The van der Waals surface area contributed by atoms with Crippen molar-refractivity contribution >= 4 is 17.8 Å². The highest BCUT2D eigenvalue weighted by Crippen LogP contribution is 2.25. The molecule has 4 rings (SSSR count). The average molecular weight is 398 g/mol. The molecule has 2 amide bonds. The molecule has 154 valence electrons. The Balaban J connectivity index is 1.61. The number of rotatable bonds is 5. The van der Waals surface area contributed by atoms with Crippen molar-refractivity contribution in [3.63, 3.8) is 0 Å². The SMILES string of the molecule is CCCc1cc(C(=O)N2CCc3nc(NC)nc(C(=O)N4CCCC4)c3C2)no1. The standard InChI is InChI=1S/C20H26N6O3/c1-3-6-13-11-16(24-29-13)18(27)26-10-7-15-14(12-26)17(23-20(21-2)22-15)19(28)25-8-4-5-9-25/h11H,3-10,12H2,1-2H3,(H,21,22,23). The molecule has 29 heavy (non-hydrogen) atoms. The summed E-state index contributed by atoms with van der Waals surface area (Å²) < 4.78 is 5.25. The van der Waals surface area contributed by atoms with Crippen LogP contribution < -0.4 is 5.32 Å². The molecule has 1 N–H and O–H groups in total. The number of carbonyl (C=O) groups excluding carboxylic acids is 2. The first kappa shape index (κ1) is 19.4. The number of amides is 2. The number of hydrogen-bond acceptors (Lipinski definition) is 7. The molecule has 9 heteroatoms. The average Bonchev–Trinajstić information content (AvgIpc) is 3.44. The smallest absolute Gasteiger partial charge is 0.276 e. The molecule has 2 aliphatic heterocycles. The normalized spacial score (nSPS) is 16.1. The summed E-state index contributed by atoms with van der Waals surface area (Å²) in [6.07, 6.45) is 4.26. The number of anilines is 1. The van der Waals surface area contributed by atoms with Gasteiger partial charge in [0.05, 0.1) is 12.2 Å². The van der Waals surface area contributed by atoms with Gasteiger partial charge in [-0.3, -0.25) is 9.59 Å². The van der Waals surface area contributed by atoms with Gasteiger partial charge in [-0.25, -0.2) is 9.97 Å². The fourth-order valence-electron chi connectivity index (χ4n) is 3.89. The lowest BCUT2D eigenvalue weighted by atomic mass is 10.0. The van der Waals surface area contributed by atoms with Crippen LogP contribution in [0.1, 0.15) is 64.2 Å². The molecular weight excluding hydrogens is 372 g/mol. The predicted molar refractivity (Wildman–Crippen MR) is 106 cm³/mol. The number of likely N-dealkylation sites (tertiary alicyclic amines) is 1. The van der Waals surface area contributed by atoms with Gasteiger partial charge in [-0.2, -0.15) is 0 Å². The maximum atomic E-state index is 13.1. The first-order chi connectivity index (χ1) is 14.1. The largest absolute Gasteiger partial charge is 0.361 e. The van der Waals surface area contributed by atoms with Crippen LogP contribution in [0.2, 0.25) is 0 Å². The summed E-state index contributed by atoms with van der Waals surface area (Å²) in [7, 11) is 1.74. The Hall–Kier alpha value is -2.97. The van der Waals surface area contributed by atoms with Crippen molar-refractivity contribution in [3.8, 4) is 0 Å². The minimum atomic E-state index is -0.195. The molecule has 0 spiro atoms. The van der Waals surface area contributed by atoms with E-state index in [0.717, 1.165) is 50.0 Å². The third-order valence-corrected chi connectivity index (χ3v) is 5.44. The number of fused-ring (bicyclic) bond motifs is 1. The molecule has 0 aromatic carbocycles. The number of hydrogen-bond donors (Lipinski definition) is 1. The lowest BCUT2D eigenvalue weighted by Crippen LogP contribution is -2.39. The van der Waals surface area contributed by atoms with Gasteiger partial charge >= 0.3 is 0 Å². The van der Waals surface area contributed by atoms with Crippen LogP contribution in [0.4, 0.5) is 5.95 Å². The summed E-state index contributed by atoms with van der Waals surface area (Å²) in [4.78, 5) is 38.5. The highest BCUT2D eigenvalue weighted by Gasteiger charge is 2.31. The van der Waals surface area contributed by atoms with Crippen molar-refractivity contribution in [2.24, 2.45) is 0 Å². The van der Waals surface area contributed by atoms with E-state index in [9.17, 15) is 9.59 Å². The third kappa shape index (κ3) is 3.81. The second-order valence-electron chi connectivity index (χ2n) is 7.48. The molecule has 0 aliphatic carbocycles. The Labute approximate surface area is 169 Å². The summed E-state index contributed by atoms with van der Waals surface area (Å²) in [5.74, 6) is 0.865. The van der Waals surface area contributed by atoms with Crippen LogP contribution in [-0.2, 0) is 19.4 Å². The number of carbonyl (C=O) groups is 2. The van der Waals surface area contributed by atoms with Crippen LogP contribution in [-0.4, -0.2) is 63.4 Å². The van der Waals surface area contributed by atoms with Gasteiger partial charge in [-0.15, -0.1) is 0 Å². The van der Waals surface area contributed by atoms with Crippen LogP contribution in [0.15, 0.2) is 10.6 Å². The first-order valence-corrected chi connectivity index (χ1v) is 10.2. The van der Waals surface area contributed by atoms with Gasteiger partial charge in [0.2, 0.25) is 5.95 Å². The van der Waals surface area contributed by atoms with E-state index >= 15 is 0 Å². The summed E-state index contributed by atoms with van der Waals surface area (Å²) >= 11 is 0. The molecule has 1 saturated heterocycles. The Kier molecular flexibility index (Phi) is 5.46. The molecule has 2 aromatic rings. The Morgan fingerprint density at radius 2 is 1.93 bits per heavy atom. The van der Waals surface area contributed by atoms with E-state index in [1.165, 1.54) is 0 Å². The number of aryl methyl sites for hydroxylation is 1. The zero-order valence-corrected chi connectivity index (χ0v) is 16.9. The summed E-state index contributed by atoms with van der Waals surface area (Å²) in [5.41, 5.74) is 2.25. The number of nitrogens with zero attached hydrogens (tertiary/aromatic N) is 5. The topological polar surface area (TPSA) is 104 Å². The second kappa shape index (κ2) is 8.18. The van der Waals surface area contributed by atoms with Crippen LogP contribution in [0.5, 0.6) is 0 Å². The van der Waals surface area contributed by atoms with E-state index in [-0.39, 0.29) is 11.8 Å². The zero-order valence-electron chi connectivity index (χ0n) is 16.9. The molecule has 1 fully saturated rings. The van der Waals surface area contributed by atoms with E-state index in [0.29, 0.717) is 42.6 Å². The van der Waals surface area contributed by atoms with Crippen molar-refractivity contribution in [2.75, 3.05) is 32.0 Å². The van der Waals surface area contributed by atoms with Gasteiger partial charge in [-0.05, 0) is 19.3 Å². The van der Waals surface area contributed by atoms with Gasteiger partial charge in [-0.1, -0.05) is 12.1 Å². The van der Waals surface area contributed by atoms with Crippen LogP contribution in [0.25, 0.3) is 0 Å². The second-order valence-corrected chi connectivity index (χ2v) is 7.48. The molecular formula is C20H26N6O3. The van der Waals surface area contributed by atoms with E-state index in [1.807, 2.05) is 11.8 Å². The van der Waals surface area contributed by atoms with E-state index < -0.39 is 0 Å². The monoisotopic (exact) mass is 398 g/mol. The van der Waals surface area contributed by atoms with Crippen molar-refractivity contribution in [1.82, 2.24) is 24.9 Å². The van der Waals surface area contributed by atoms with Crippen molar-refractivity contribution in [2.45, 2.75) is 45.6 Å². The van der Waals surface area contributed by atoms with Gasteiger partial charge in [0.15, 0.2) is 5.69 Å². The molecule has 2 aliphatic rings. The maximum Gasteiger partial charge on any atom is 0.276 e. The predicted octanol–water partition coefficient (Wildman–Crippen LogP) is 1.89. The van der Waals surface area contributed by atoms with E-state index in [4.69, 9.17) is 4.52 Å². The molecule has 9 nitrogen and oxygen atoms in total. The minimum absolute atomic E-state index is 0.0846. The summed E-state index contributed by atoms with van der Waals surface area (Å²) in [6, 6.07) is 1.71. The highest BCUT2D eigenvalue weighted by atomic mass is 16.5. The molecule has 0 unspecified atom stereocenters. The molecule has 2 aromatic heterocycles. The number of nitrogens with one attached hydrogen (secondary N) is 1. The maximum absolute atomic E-state index is 13.1. The van der Waals surface area contributed by atoms with Crippen molar-refractivity contribution in [1.29, 1.82) is 0 Å².